The van der Waals surface area contributed by atoms with Crippen molar-refractivity contribution in [2.45, 2.75) is 51.0 Å². The van der Waals surface area contributed by atoms with Gasteiger partial charge in [0.1, 0.15) is 23.3 Å². The minimum atomic E-state index is -0.638. The van der Waals surface area contributed by atoms with E-state index in [4.69, 9.17) is 9.72 Å². The number of ether oxygens (including phenoxy) is 1. The second kappa shape index (κ2) is 10.4. The number of aliphatic hydroxyl groups is 2. The van der Waals surface area contributed by atoms with Crippen LogP contribution in [0.25, 0.3) is 11.0 Å². The number of hydrogen-bond donors (Lipinski definition) is 5. The van der Waals surface area contributed by atoms with Gasteiger partial charge in [-0.15, -0.1) is 0 Å². The van der Waals surface area contributed by atoms with Crippen LogP contribution in [0.2, 0.25) is 0 Å². The number of aromatic amines is 1. The molecule has 0 radical (unpaired) electrons. The number of likely N-dealkylation sites (tertiary alicyclic amines) is 1. The fourth-order valence-electron chi connectivity index (χ4n) is 5.92. The molecule has 1 saturated heterocycles. The van der Waals surface area contributed by atoms with Crippen molar-refractivity contribution in [1.29, 1.82) is 5.26 Å². The van der Waals surface area contributed by atoms with Gasteiger partial charge in [-0.1, -0.05) is 19.3 Å². The largest absolute Gasteiger partial charge is 0.492 e. The first kappa shape index (κ1) is 25.4. The molecule has 204 valence electrons. The van der Waals surface area contributed by atoms with E-state index in [9.17, 15) is 20.3 Å². The Labute approximate surface area is 226 Å². The van der Waals surface area contributed by atoms with E-state index in [1.807, 2.05) is 6.07 Å². The molecule has 3 aliphatic rings. The predicted molar refractivity (Wildman–Crippen MR) is 145 cm³/mol. The molecule has 1 saturated carbocycles. The van der Waals surface area contributed by atoms with E-state index in [0.717, 1.165) is 36.9 Å². The number of nitriles is 1. The Balaban J connectivity index is 1.31. The molecular weight excluding hydrogens is 498 g/mol. The van der Waals surface area contributed by atoms with Crippen LogP contribution in [0.15, 0.2) is 18.3 Å². The third kappa shape index (κ3) is 4.64. The van der Waals surface area contributed by atoms with Crippen LogP contribution in [-0.4, -0.2) is 74.9 Å². The molecule has 6 rings (SSSR count). The molecule has 0 spiro atoms. The maximum atomic E-state index is 13.3. The molecule has 2 aromatic heterocycles. The van der Waals surface area contributed by atoms with Gasteiger partial charge in [0.05, 0.1) is 41.7 Å². The molecule has 4 heterocycles. The summed E-state index contributed by atoms with van der Waals surface area (Å²) < 4.78 is 6.01. The monoisotopic (exact) mass is 531 g/mol. The molecule has 1 amide bonds. The zero-order valence-corrected chi connectivity index (χ0v) is 21.8. The van der Waals surface area contributed by atoms with Crippen molar-refractivity contribution >= 4 is 34.4 Å². The van der Waals surface area contributed by atoms with Crippen molar-refractivity contribution in [2.75, 3.05) is 43.5 Å². The van der Waals surface area contributed by atoms with Gasteiger partial charge < -0.3 is 35.5 Å². The zero-order valence-electron chi connectivity index (χ0n) is 21.8. The minimum absolute atomic E-state index is 0.163. The molecule has 2 fully saturated rings. The molecule has 3 aromatic rings. The zero-order chi connectivity index (χ0) is 27.0. The number of amides is 1. The van der Waals surface area contributed by atoms with Gasteiger partial charge in [0.25, 0.3) is 5.91 Å². The topological polar surface area (TPSA) is 159 Å². The second-order valence-electron chi connectivity index (χ2n) is 10.9. The van der Waals surface area contributed by atoms with E-state index in [2.05, 4.69) is 26.7 Å². The van der Waals surface area contributed by atoms with Gasteiger partial charge in [0.2, 0.25) is 5.95 Å². The lowest BCUT2D eigenvalue weighted by Gasteiger charge is -2.48. The van der Waals surface area contributed by atoms with Crippen LogP contribution < -0.4 is 15.4 Å². The normalized spacial score (nSPS) is 18.5. The number of hydrogen-bond acceptors (Lipinski definition) is 9. The molecular formula is C28H33N7O4. The first-order valence-corrected chi connectivity index (χ1v) is 13.7. The number of anilines is 3. The molecule has 0 atom stereocenters. The first-order valence-electron chi connectivity index (χ1n) is 13.7. The Hall–Kier alpha value is -3.88. The molecule has 0 unspecified atom stereocenters. The van der Waals surface area contributed by atoms with Crippen molar-refractivity contribution in [3.05, 3.63) is 35.0 Å². The molecule has 39 heavy (non-hydrogen) atoms. The number of benzene rings is 1. The highest BCUT2D eigenvalue weighted by molar-refractivity contribution is 5.99. The van der Waals surface area contributed by atoms with E-state index in [0.29, 0.717) is 65.4 Å². The van der Waals surface area contributed by atoms with Crippen LogP contribution >= 0.6 is 0 Å². The van der Waals surface area contributed by atoms with Gasteiger partial charge in [-0.05, 0) is 37.8 Å². The second-order valence-corrected chi connectivity index (χ2v) is 10.9. The summed E-state index contributed by atoms with van der Waals surface area (Å²) in [6.45, 7) is 0.802. The van der Waals surface area contributed by atoms with Crippen molar-refractivity contribution in [3.63, 3.8) is 0 Å². The predicted octanol–water partition coefficient (Wildman–Crippen LogP) is 3.07. The summed E-state index contributed by atoms with van der Waals surface area (Å²) >= 11 is 0. The van der Waals surface area contributed by atoms with Crippen LogP contribution in [0.1, 0.15) is 60.0 Å². The van der Waals surface area contributed by atoms with Gasteiger partial charge in [-0.2, -0.15) is 15.2 Å². The Morgan fingerprint density at radius 3 is 2.72 bits per heavy atom. The summed E-state index contributed by atoms with van der Waals surface area (Å²) in [6, 6.07) is 6.13. The maximum absolute atomic E-state index is 13.3. The van der Waals surface area contributed by atoms with Gasteiger partial charge in [0, 0.05) is 36.6 Å². The number of carbonyl (C=O) groups excluding carboxylic acids is 1. The standard InChI is InChI=1S/C28H33N7O4/c29-11-17-12-30-24-22(17)25(31-18-5-2-1-3-6-18)34-27(33-24)32-21-9-8-20(23-19(21)7-4-10-39-23)26(38)35-13-28(14-35,15-36)16-37/h8-9,12,18,36-37H,1-7,10,13-16H2,(H3,30,31,32,33,34). The minimum Gasteiger partial charge on any atom is -0.492 e. The Morgan fingerprint density at radius 1 is 1.18 bits per heavy atom. The average Bonchev–Trinajstić information content (AvgIpc) is 3.37. The quantitative estimate of drug-likeness (QED) is 0.309. The fourth-order valence-corrected chi connectivity index (χ4v) is 5.92. The van der Waals surface area contributed by atoms with E-state index in [1.165, 1.54) is 19.3 Å². The number of aromatic nitrogens is 3. The summed E-state index contributed by atoms with van der Waals surface area (Å²) in [6.07, 6.45) is 8.92. The SMILES string of the molecule is N#Cc1c[nH]c2nc(Nc3ccc(C(=O)N4CC(CO)(CO)C4)c4c3CCCO4)nc(NC3CCCCC3)c12. The molecule has 1 aromatic carbocycles. The van der Waals surface area contributed by atoms with Crippen molar-refractivity contribution < 1.29 is 19.7 Å². The van der Waals surface area contributed by atoms with E-state index >= 15 is 0 Å². The van der Waals surface area contributed by atoms with Crippen LogP contribution in [0.5, 0.6) is 5.75 Å². The Kier molecular flexibility index (Phi) is 6.74. The smallest absolute Gasteiger partial charge is 0.257 e. The van der Waals surface area contributed by atoms with E-state index in [-0.39, 0.29) is 19.1 Å². The number of H-pyrrole nitrogens is 1. The number of nitrogens with one attached hydrogen (secondary N) is 3. The van der Waals surface area contributed by atoms with Crippen LogP contribution in [0.4, 0.5) is 17.5 Å². The van der Waals surface area contributed by atoms with Crippen molar-refractivity contribution in [2.24, 2.45) is 5.41 Å². The van der Waals surface area contributed by atoms with Crippen molar-refractivity contribution in [1.82, 2.24) is 19.9 Å². The van der Waals surface area contributed by atoms with Gasteiger partial charge in [-0.3, -0.25) is 4.79 Å². The number of carbonyl (C=O) groups is 1. The summed E-state index contributed by atoms with van der Waals surface area (Å²) in [5.41, 5.74) is 2.56. The van der Waals surface area contributed by atoms with Crippen LogP contribution in [0, 0.1) is 16.7 Å². The van der Waals surface area contributed by atoms with Crippen LogP contribution in [0.3, 0.4) is 0 Å². The molecule has 0 bridgehead atoms. The summed E-state index contributed by atoms with van der Waals surface area (Å²) in [5, 5.41) is 36.5. The number of aliphatic hydroxyl groups excluding tert-OH is 2. The molecule has 2 aliphatic heterocycles. The number of rotatable bonds is 7. The highest BCUT2D eigenvalue weighted by atomic mass is 16.5. The van der Waals surface area contributed by atoms with Gasteiger partial charge in [0.15, 0.2) is 0 Å². The fraction of sp³-hybridized carbons (Fsp3) is 0.500. The summed E-state index contributed by atoms with van der Waals surface area (Å²) in [7, 11) is 0. The highest BCUT2D eigenvalue weighted by Crippen LogP contribution is 2.39. The molecule has 11 heteroatoms. The summed E-state index contributed by atoms with van der Waals surface area (Å²) in [5.74, 6) is 1.40. The third-order valence-corrected chi connectivity index (χ3v) is 8.16. The van der Waals surface area contributed by atoms with Crippen molar-refractivity contribution in [3.8, 4) is 11.8 Å². The summed E-state index contributed by atoms with van der Waals surface area (Å²) in [4.78, 5) is 27.5. The maximum Gasteiger partial charge on any atom is 0.257 e. The molecule has 1 aliphatic carbocycles. The molecule has 5 N–H and O–H groups in total. The van der Waals surface area contributed by atoms with E-state index in [1.54, 1.807) is 17.2 Å². The van der Waals surface area contributed by atoms with Gasteiger partial charge in [-0.25, -0.2) is 0 Å². The Morgan fingerprint density at radius 2 is 1.97 bits per heavy atom. The van der Waals surface area contributed by atoms with Crippen LogP contribution in [-0.2, 0) is 6.42 Å². The number of nitrogens with zero attached hydrogens (tertiary/aromatic N) is 4. The number of fused-ring (bicyclic) bond motifs is 2. The highest BCUT2D eigenvalue weighted by Gasteiger charge is 2.45. The lowest BCUT2D eigenvalue weighted by molar-refractivity contribution is -0.0590. The lowest BCUT2D eigenvalue weighted by Crippen LogP contribution is -2.62. The van der Waals surface area contributed by atoms with Gasteiger partial charge >= 0.3 is 0 Å². The van der Waals surface area contributed by atoms with E-state index < -0.39 is 5.41 Å². The third-order valence-electron chi connectivity index (χ3n) is 8.16. The lowest BCUT2D eigenvalue weighted by atomic mass is 9.81. The Bertz CT molecular complexity index is 1430. The molecule has 11 nitrogen and oxygen atoms in total. The first-order chi connectivity index (χ1) is 19.0. The average molecular weight is 532 g/mol.